The van der Waals surface area contributed by atoms with Crippen molar-refractivity contribution in [1.82, 2.24) is 15.1 Å². The van der Waals surface area contributed by atoms with E-state index >= 15 is 0 Å². The fourth-order valence-corrected chi connectivity index (χ4v) is 3.87. The molecular formula is C21H25N3O. The summed E-state index contributed by atoms with van der Waals surface area (Å²) in [5.41, 5.74) is 3.98. The second-order valence-electron chi connectivity index (χ2n) is 7.01. The Morgan fingerprint density at radius 2 is 1.76 bits per heavy atom. The molecule has 0 radical (unpaired) electrons. The third kappa shape index (κ3) is 3.75. The Morgan fingerprint density at radius 1 is 1.00 bits per heavy atom. The van der Waals surface area contributed by atoms with Crippen LogP contribution < -0.4 is 5.32 Å². The van der Waals surface area contributed by atoms with Crippen molar-refractivity contribution in [3.63, 3.8) is 0 Å². The van der Waals surface area contributed by atoms with Crippen molar-refractivity contribution < 1.29 is 4.79 Å². The molecule has 0 bridgehead atoms. The van der Waals surface area contributed by atoms with Crippen molar-refractivity contribution >= 4 is 5.91 Å². The summed E-state index contributed by atoms with van der Waals surface area (Å²) < 4.78 is 0. The van der Waals surface area contributed by atoms with Crippen molar-refractivity contribution in [2.24, 2.45) is 0 Å². The number of nitrogens with one attached hydrogen (secondary N) is 1. The number of benzene rings is 2. The number of carbonyl (C=O) groups is 1. The lowest BCUT2D eigenvalue weighted by molar-refractivity contribution is -0.135. The second-order valence-corrected chi connectivity index (χ2v) is 7.01. The van der Waals surface area contributed by atoms with E-state index < -0.39 is 0 Å². The first-order chi connectivity index (χ1) is 12.3. The maximum absolute atomic E-state index is 13.0. The van der Waals surface area contributed by atoms with Gasteiger partial charge < -0.3 is 10.2 Å². The minimum absolute atomic E-state index is 0.0947. The zero-order chi connectivity index (χ0) is 17.1. The highest BCUT2D eigenvalue weighted by Gasteiger charge is 2.30. The molecule has 2 heterocycles. The van der Waals surface area contributed by atoms with Crippen LogP contribution in [0.2, 0.25) is 0 Å². The molecule has 2 aromatic carbocycles. The molecule has 4 rings (SSSR count). The van der Waals surface area contributed by atoms with E-state index in [-0.39, 0.29) is 11.9 Å². The summed E-state index contributed by atoms with van der Waals surface area (Å²) >= 11 is 0. The van der Waals surface area contributed by atoms with Gasteiger partial charge in [-0.25, -0.2) is 0 Å². The van der Waals surface area contributed by atoms with Crippen molar-refractivity contribution in [2.45, 2.75) is 25.6 Å². The molecule has 25 heavy (non-hydrogen) atoms. The van der Waals surface area contributed by atoms with Gasteiger partial charge in [-0.1, -0.05) is 54.6 Å². The highest BCUT2D eigenvalue weighted by Crippen LogP contribution is 2.19. The Kier molecular flexibility index (Phi) is 4.81. The van der Waals surface area contributed by atoms with Crippen LogP contribution in [0.15, 0.2) is 54.6 Å². The Balaban J connectivity index is 1.39. The molecule has 0 unspecified atom stereocenters. The lowest BCUT2D eigenvalue weighted by Gasteiger charge is -2.37. The molecule has 1 saturated heterocycles. The summed E-state index contributed by atoms with van der Waals surface area (Å²) in [7, 11) is 0. The summed E-state index contributed by atoms with van der Waals surface area (Å²) in [6, 6.07) is 18.9. The van der Waals surface area contributed by atoms with E-state index in [0.29, 0.717) is 0 Å². The van der Waals surface area contributed by atoms with Gasteiger partial charge >= 0.3 is 0 Å². The molecule has 4 heteroatoms. The predicted octanol–water partition coefficient (Wildman–Crippen LogP) is 2.05. The summed E-state index contributed by atoms with van der Waals surface area (Å²) in [6.07, 6.45) is 0.961. The highest BCUT2D eigenvalue weighted by atomic mass is 16.2. The zero-order valence-electron chi connectivity index (χ0n) is 14.5. The van der Waals surface area contributed by atoms with Crippen LogP contribution in [0.4, 0.5) is 0 Å². The Bertz CT molecular complexity index is 731. The van der Waals surface area contributed by atoms with Crippen molar-refractivity contribution in [1.29, 1.82) is 0 Å². The Morgan fingerprint density at radius 3 is 2.60 bits per heavy atom. The molecular weight excluding hydrogens is 310 g/mol. The molecule has 0 aromatic heterocycles. The van der Waals surface area contributed by atoms with Crippen LogP contribution in [0.5, 0.6) is 0 Å². The number of amides is 1. The SMILES string of the molecule is O=C([C@@H]1CN(Cc2ccccc2)CCN1)N1CCc2ccccc2C1. The third-order valence-corrected chi connectivity index (χ3v) is 5.25. The van der Waals surface area contributed by atoms with Crippen LogP contribution in [-0.2, 0) is 24.3 Å². The molecule has 4 nitrogen and oxygen atoms in total. The predicted molar refractivity (Wildman–Crippen MR) is 99.1 cm³/mol. The van der Waals surface area contributed by atoms with E-state index in [1.54, 1.807) is 0 Å². The number of piperazine rings is 1. The number of rotatable bonds is 3. The van der Waals surface area contributed by atoms with E-state index in [1.807, 2.05) is 11.0 Å². The van der Waals surface area contributed by atoms with E-state index in [4.69, 9.17) is 0 Å². The first-order valence-electron chi connectivity index (χ1n) is 9.15. The topological polar surface area (TPSA) is 35.6 Å². The maximum Gasteiger partial charge on any atom is 0.241 e. The second kappa shape index (κ2) is 7.38. The Labute approximate surface area is 149 Å². The molecule has 2 aliphatic heterocycles. The fourth-order valence-electron chi connectivity index (χ4n) is 3.87. The molecule has 2 aromatic rings. The highest BCUT2D eigenvalue weighted by molar-refractivity contribution is 5.82. The van der Waals surface area contributed by atoms with Gasteiger partial charge in [0.25, 0.3) is 0 Å². The van der Waals surface area contributed by atoms with E-state index in [2.05, 4.69) is 58.7 Å². The van der Waals surface area contributed by atoms with Crippen LogP contribution in [0.1, 0.15) is 16.7 Å². The van der Waals surface area contributed by atoms with Crippen LogP contribution in [0, 0.1) is 0 Å². The number of nitrogens with zero attached hydrogens (tertiary/aromatic N) is 2. The number of hydrogen-bond acceptors (Lipinski definition) is 3. The number of hydrogen-bond donors (Lipinski definition) is 1. The van der Waals surface area contributed by atoms with Gasteiger partial charge in [-0.3, -0.25) is 9.69 Å². The normalized spacial score (nSPS) is 21.0. The lowest BCUT2D eigenvalue weighted by Crippen LogP contribution is -2.58. The van der Waals surface area contributed by atoms with Gasteiger partial charge in [0.05, 0.1) is 6.04 Å². The minimum Gasteiger partial charge on any atom is -0.337 e. The average molecular weight is 335 g/mol. The first-order valence-corrected chi connectivity index (χ1v) is 9.15. The third-order valence-electron chi connectivity index (χ3n) is 5.25. The van der Waals surface area contributed by atoms with Crippen molar-refractivity contribution in [3.05, 3.63) is 71.3 Å². The van der Waals surface area contributed by atoms with Crippen LogP contribution >= 0.6 is 0 Å². The first kappa shape index (κ1) is 16.3. The van der Waals surface area contributed by atoms with Crippen LogP contribution in [0.3, 0.4) is 0 Å². The van der Waals surface area contributed by atoms with Gasteiger partial charge in [-0.05, 0) is 23.1 Å². The smallest absolute Gasteiger partial charge is 0.241 e. The molecule has 1 amide bonds. The molecule has 1 fully saturated rings. The summed E-state index contributed by atoms with van der Waals surface area (Å²) in [5.74, 6) is 0.243. The summed E-state index contributed by atoms with van der Waals surface area (Å²) in [6.45, 7) is 5.12. The van der Waals surface area contributed by atoms with Gasteiger partial charge in [-0.15, -0.1) is 0 Å². The van der Waals surface area contributed by atoms with E-state index in [1.165, 1.54) is 16.7 Å². The fraction of sp³-hybridized carbons (Fsp3) is 0.381. The van der Waals surface area contributed by atoms with Gasteiger partial charge in [0.2, 0.25) is 5.91 Å². The van der Waals surface area contributed by atoms with Crippen LogP contribution in [0.25, 0.3) is 0 Å². The van der Waals surface area contributed by atoms with Gasteiger partial charge in [-0.2, -0.15) is 0 Å². The molecule has 130 valence electrons. The van der Waals surface area contributed by atoms with Crippen LogP contribution in [-0.4, -0.2) is 47.9 Å². The zero-order valence-corrected chi connectivity index (χ0v) is 14.5. The standard InChI is InChI=1S/C21H25N3O/c25-21(24-12-10-18-8-4-5-9-19(18)15-24)20-16-23(13-11-22-20)14-17-6-2-1-3-7-17/h1-9,20,22H,10-16H2/t20-/m0/s1. The largest absolute Gasteiger partial charge is 0.337 e. The average Bonchev–Trinajstić information content (AvgIpc) is 2.68. The molecule has 2 aliphatic rings. The minimum atomic E-state index is -0.0947. The maximum atomic E-state index is 13.0. The molecule has 1 N–H and O–H groups in total. The quantitative estimate of drug-likeness (QED) is 0.932. The van der Waals surface area contributed by atoms with E-state index in [9.17, 15) is 4.79 Å². The number of carbonyl (C=O) groups excluding carboxylic acids is 1. The van der Waals surface area contributed by atoms with Gasteiger partial charge in [0, 0.05) is 39.3 Å². The van der Waals surface area contributed by atoms with Crippen molar-refractivity contribution in [3.8, 4) is 0 Å². The van der Waals surface area contributed by atoms with E-state index in [0.717, 1.165) is 45.7 Å². The van der Waals surface area contributed by atoms with Crippen molar-refractivity contribution in [2.75, 3.05) is 26.2 Å². The molecule has 1 atom stereocenters. The van der Waals surface area contributed by atoms with Gasteiger partial charge in [0.15, 0.2) is 0 Å². The molecule has 0 aliphatic carbocycles. The summed E-state index contributed by atoms with van der Waals surface area (Å²) in [4.78, 5) is 17.4. The lowest BCUT2D eigenvalue weighted by atomic mass is 9.99. The summed E-state index contributed by atoms with van der Waals surface area (Å²) in [5, 5.41) is 3.42. The Hall–Kier alpha value is -2.17. The molecule has 0 spiro atoms. The molecule has 0 saturated carbocycles. The number of fused-ring (bicyclic) bond motifs is 1. The monoisotopic (exact) mass is 335 g/mol. The van der Waals surface area contributed by atoms with Gasteiger partial charge in [0.1, 0.15) is 0 Å².